The van der Waals surface area contributed by atoms with Crippen LogP contribution in [0.2, 0.25) is 0 Å². The van der Waals surface area contributed by atoms with Gasteiger partial charge in [0, 0.05) is 42.7 Å². The lowest BCUT2D eigenvalue weighted by molar-refractivity contribution is -0.121. The van der Waals surface area contributed by atoms with E-state index in [2.05, 4.69) is 16.4 Å². The number of aromatic nitrogens is 1. The number of carbonyl (C=O) groups excluding carboxylic acids is 1. The van der Waals surface area contributed by atoms with Gasteiger partial charge in [-0.3, -0.25) is 4.79 Å². The Hall–Kier alpha value is -1.86. The van der Waals surface area contributed by atoms with Crippen molar-refractivity contribution in [2.75, 3.05) is 19.3 Å². The van der Waals surface area contributed by atoms with Crippen LogP contribution in [0.15, 0.2) is 30.5 Å². The molecule has 27 heavy (non-hydrogen) atoms. The summed E-state index contributed by atoms with van der Waals surface area (Å²) in [5.41, 5.74) is 2.26. The van der Waals surface area contributed by atoms with Gasteiger partial charge in [0.2, 0.25) is 15.9 Å². The fourth-order valence-corrected chi connectivity index (χ4v) is 5.14. The maximum Gasteiger partial charge on any atom is 0.221 e. The summed E-state index contributed by atoms with van der Waals surface area (Å²) < 4.78 is 25.8. The number of sulfonamides is 1. The van der Waals surface area contributed by atoms with E-state index in [1.165, 1.54) is 27.9 Å². The molecule has 2 N–H and O–H groups in total. The third-order valence-corrected chi connectivity index (χ3v) is 6.69. The average Bonchev–Trinajstić information content (AvgIpc) is 3.05. The SMILES string of the molecule is CS(=O)(=O)N(CCC(=O)NCCc1c[nH]c2ccccc12)C1CCCCC1. The number of amides is 1. The van der Waals surface area contributed by atoms with E-state index >= 15 is 0 Å². The van der Waals surface area contributed by atoms with Gasteiger partial charge in [0.1, 0.15) is 0 Å². The van der Waals surface area contributed by atoms with Gasteiger partial charge in [-0.25, -0.2) is 8.42 Å². The van der Waals surface area contributed by atoms with Crippen molar-refractivity contribution >= 4 is 26.8 Å². The van der Waals surface area contributed by atoms with Gasteiger partial charge in [0.15, 0.2) is 0 Å². The molecule has 0 atom stereocenters. The second kappa shape index (κ2) is 8.89. The lowest BCUT2D eigenvalue weighted by Gasteiger charge is -2.32. The highest BCUT2D eigenvalue weighted by molar-refractivity contribution is 7.88. The van der Waals surface area contributed by atoms with Crippen molar-refractivity contribution in [3.8, 4) is 0 Å². The first-order chi connectivity index (χ1) is 12.9. The fourth-order valence-electron chi connectivity index (χ4n) is 3.96. The molecule has 0 aliphatic heterocycles. The zero-order valence-electron chi connectivity index (χ0n) is 15.9. The largest absolute Gasteiger partial charge is 0.361 e. The Kier molecular flexibility index (Phi) is 6.55. The highest BCUT2D eigenvalue weighted by atomic mass is 32.2. The maximum absolute atomic E-state index is 12.2. The summed E-state index contributed by atoms with van der Waals surface area (Å²) in [5, 5.41) is 4.09. The van der Waals surface area contributed by atoms with Gasteiger partial charge in [0.05, 0.1) is 6.26 Å². The molecule has 0 radical (unpaired) electrons. The molecule has 3 rings (SSSR count). The highest BCUT2D eigenvalue weighted by Gasteiger charge is 2.28. The third kappa shape index (κ3) is 5.32. The second-order valence-electron chi connectivity index (χ2n) is 7.37. The van der Waals surface area contributed by atoms with Crippen LogP contribution in [-0.2, 0) is 21.2 Å². The number of hydrogen-bond acceptors (Lipinski definition) is 3. The van der Waals surface area contributed by atoms with Crippen LogP contribution in [0.4, 0.5) is 0 Å². The summed E-state index contributed by atoms with van der Waals surface area (Å²) in [6.45, 7) is 0.811. The maximum atomic E-state index is 12.2. The number of nitrogens with zero attached hydrogens (tertiary/aromatic N) is 1. The van der Waals surface area contributed by atoms with E-state index in [0.29, 0.717) is 6.54 Å². The average molecular weight is 392 g/mol. The Labute approximate surface area is 161 Å². The first-order valence-electron chi connectivity index (χ1n) is 9.73. The molecule has 1 aromatic heterocycles. The van der Waals surface area contributed by atoms with Crippen molar-refractivity contribution in [3.05, 3.63) is 36.0 Å². The van der Waals surface area contributed by atoms with Gasteiger partial charge in [-0.05, 0) is 30.9 Å². The third-order valence-electron chi connectivity index (χ3n) is 5.36. The van der Waals surface area contributed by atoms with E-state index in [4.69, 9.17) is 0 Å². The van der Waals surface area contributed by atoms with Crippen LogP contribution >= 0.6 is 0 Å². The van der Waals surface area contributed by atoms with Gasteiger partial charge >= 0.3 is 0 Å². The number of hydrogen-bond donors (Lipinski definition) is 2. The van der Waals surface area contributed by atoms with Crippen molar-refractivity contribution in [2.24, 2.45) is 0 Å². The zero-order valence-corrected chi connectivity index (χ0v) is 16.7. The smallest absolute Gasteiger partial charge is 0.221 e. The lowest BCUT2D eigenvalue weighted by atomic mass is 9.95. The molecule has 0 bridgehead atoms. The van der Waals surface area contributed by atoms with Gasteiger partial charge in [-0.15, -0.1) is 0 Å². The molecule has 1 aliphatic rings. The van der Waals surface area contributed by atoms with Crippen molar-refractivity contribution in [3.63, 3.8) is 0 Å². The number of rotatable bonds is 8. The van der Waals surface area contributed by atoms with Crippen LogP contribution < -0.4 is 5.32 Å². The molecule has 1 amide bonds. The predicted octanol–water partition coefficient (Wildman–Crippen LogP) is 2.81. The molecule has 0 saturated heterocycles. The Morgan fingerprint density at radius 1 is 1.22 bits per heavy atom. The molecule has 2 aromatic rings. The highest BCUT2D eigenvalue weighted by Crippen LogP contribution is 2.24. The Balaban J connectivity index is 1.48. The van der Waals surface area contributed by atoms with Crippen molar-refractivity contribution in [2.45, 2.75) is 51.0 Å². The molecule has 0 spiro atoms. The molecule has 1 aromatic carbocycles. The van der Waals surface area contributed by atoms with Crippen molar-refractivity contribution in [1.29, 1.82) is 0 Å². The monoisotopic (exact) mass is 391 g/mol. The van der Waals surface area contributed by atoms with Crippen LogP contribution in [0.25, 0.3) is 10.9 Å². The number of H-pyrrole nitrogens is 1. The van der Waals surface area contributed by atoms with E-state index in [-0.39, 0.29) is 24.9 Å². The molecule has 1 saturated carbocycles. The molecule has 6 nitrogen and oxygen atoms in total. The first kappa shape index (κ1) is 19.9. The molecule has 1 fully saturated rings. The normalized spacial score (nSPS) is 16.1. The van der Waals surface area contributed by atoms with E-state index < -0.39 is 10.0 Å². The number of aromatic amines is 1. The summed E-state index contributed by atoms with van der Waals surface area (Å²) in [4.78, 5) is 15.4. The Bertz CT molecular complexity index is 869. The van der Waals surface area contributed by atoms with Crippen molar-refractivity contribution in [1.82, 2.24) is 14.6 Å². The summed E-state index contributed by atoms with van der Waals surface area (Å²) >= 11 is 0. The first-order valence-corrected chi connectivity index (χ1v) is 11.6. The molecule has 148 valence electrons. The minimum atomic E-state index is -3.29. The Morgan fingerprint density at radius 2 is 1.96 bits per heavy atom. The number of fused-ring (bicyclic) bond motifs is 1. The molecule has 0 unspecified atom stereocenters. The molecular weight excluding hydrogens is 362 g/mol. The van der Waals surface area contributed by atoms with Crippen LogP contribution in [0.5, 0.6) is 0 Å². The summed E-state index contributed by atoms with van der Waals surface area (Å²) in [6.07, 6.45) is 9.27. The van der Waals surface area contributed by atoms with E-state index in [1.807, 2.05) is 24.4 Å². The molecular formula is C20H29N3O3S. The minimum absolute atomic E-state index is 0.0489. The summed E-state index contributed by atoms with van der Waals surface area (Å²) in [6, 6.07) is 8.14. The van der Waals surface area contributed by atoms with Gasteiger partial charge in [-0.1, -0.05) is 37.5 Å². The second-order valence-corrected chi connectivity index (χ2v) is 9.31. The summed E-state index contributed by atoms with van der Waals surface area (Å²) in [5.74, 6) is -0.0979. The summed E-state index contributed by atoms with van der Waals surface area (Å²) in [7, 11) is -3.29. The van der Waals surface area contributed by atoms with Gasteiger partial charge in [-0.2, -0.15) is 4.31 Å². The lowest BCUT2D eigenvalue weighted by Crippen LogP contribution is -2.42. The predicted molar refractivity (Wildman–Crippen MR) is 108 cm³/mol. The van der Waals surface area contributed by atoms with E-state index in [0.717, 1.165) is 37.6 Å². The number of benzene rings is 1. The number of carbonyl (C=O) groups is 1. The topological polar surface area (TPSA) is 82.3 Å². The van der Waals surface area contributed by atoms with E-state index in [1.54, 1.807) is 0 Å². The van der Waals surface area contributed by atoms with Gasteiger partial charge < -0.3 is 10.3 Å². The number of para-hydroxylation sites is 1. The quantitative estimate of drug-likeness (QED) is 0.726. The Morgan fingerprint density at radius 3 is 2.70 bits per heavy atom. The zero-order chi connectivity index (χ0) is 19.3. The molecule has 7 heteroatoms. The van der Waals surface area contributed by atoms with E-state index in [9.17, 15) is 13.2 Å². The van der Waals surface area contributed by atoms with Crippen molar-refractivity contribution < 1.29 is 13.2 Å². The van der Waals surface area contributed by atoms with Crippen LogP contribution in [0, 0.1) is 0 Å². The fraction of sp³-hybridized carbons (Fsp3) is 0.550. The number of nitrogens with one attached hydrogen (secondary N) is 2. The minimum Gasteiger partial charge on any atom is -0.361 e. The van der Waals surface area contributed by atoms with Crippen LogP contribution in [0.3, 0.4) is 0 Å². The van der Waals surface area contributed by atoms with Crippen LogP contribution in [0.1, 0.15) is 44.1 Å². The molecule has 1 aliphatic carbocycles. The molecule has 1 heterocycles. The van der Waals surface area contributed by atoms with Crippen LogP contribution in [-0.4, -0.2) is 49.0 Å². The standard InChI is InChI=1S/C20H29N3O3S/c1-27(25,26)23(17-7-3-2-4-8-17)14-12-20(24)21-13-11-16-15-22-19-10-6-5-9-18(16)19/h5-6,9-10,15,17,22H,2-4,7-8,11-14H2,1H3,(H,21,24). The van der Waals surface area contributed by atoms with Gasteiger partial charge in [0.25, 0.3) is 0 Å².